The van der Waals surface area contributed by atoms with E-state index in [0.717, 1.165) is 5.56 Å². The molecule has 1 rings (SSSR count). The van der Waals surface area contributed by atoms with Crippen LogP contribution in [0.5, 0.6) is 0 Å². The molecule has 1 aromatic rings. The lowest BCUT2D eigenvalue weighted by Gasteiger charge is -2.03. The van der Waals surface area contributed by atoms with E-state index < -0.39 is 0 Å². The van der Waals surface area contributed by atoms with Crippen molar-refractivity contribution >= 4 is 5.91 Å². The number of nitrogens with one attached hydrogen (secondary N) is 2. The highest BCUT2D eigenvalue weighted by Crippen LogP contribution is 1.97. The molecule has 0 aliphatic rings. The maximum absolute atomic E-state index is 11.2. The largest absolute Gasteiger partial charge is 0.472 e. The Kier molecular flexibility index (Phi) is 4.50. The number of amides is 1. The smallest absolute Gasteiger partial charge is 0.234 e. The van der Waals surface area contributed by atoms with Crippen LogP contribution in [-0.4, -0.2) is 19.0 Å². The summed E-state index contributed by atoms with van der Waals surface area (Å²) in [6, 6.07) is 1.82. The van der Waals surface area contributed by atoms with E-state index in [0.29, 0.717) is 19.6 Å². The van der Waals surface area contributed by atoms with Gasteiger partial charge in [-0.05, 0) is 6.07 Å². The molecule has 1 aromatic heterocycles. The maximum atomic E-state index is 11.2. The third-order valence-corrected chi connectivity index (χ3v) is 1.64. The van der Waals surface area contributed by atoms with Gasteiger partial charge in [-0.25, -0.2) is 0 Å². The first-order valence-electron chi connectivity index (χ1n) is 4.42. The molecule has 0 aliphatic carbocycles. The fourth-order valence-corrected chi connectivity index (χ4v) is 0.944. The minimum Gasteiger partial charge on any atom is -0.472 e. The quantitative estimate of drug-likeness (QED) is 0.517. The van der Waals surface area contributed by atoms with Crippen LogP contribution in [0.2, 0.25) is 0 Å². The molecule has 1 heterocycles. The summed E-state index contributed by atoms with van der Waals surface area (Å²) in [5, 5.41) is 5.66. The molecule has 0 fully saturated rings. The van der Waals surface area contributed by atoms with Gasteiger partial charge in [-0.1, -0.05) is 6.08 Å². The summed E-state index contributed by atoms with van der Waals surface area (Å²) in [4.78, 5) is 11.2. The average molecular weight is 194 g/mol. The Morgan fingerprint density at radius 1 is 1.64 bits per heavy atom. The van der Waals surface area contributed by atoms with Crippen molar-refractivity contribution in [1.82, 2.24) is 10.6 Å². The van der Waals surface area contributed by atoms with Gasteiger partial charge in [0, 0.05) is 18.7 Å². The molecule has 0 saturated heterocycles. The van der Waals surface area contributed by atoms with Crippen LogP contribution >= 0.6 is 0 Å². The van der Waals surface area contributed by atoms with Crippen molar-refractivity contribution in [2.24, 2.45) is 0 Å². The zero-order valence-corrected chi connectivity index (χ0v) is 7.95. The van der Waals surface area contributed by atoms with E-state index in [-0.39, 0.29) is 5.91 Å². The molecule has 76 valence electrons. The van der Waals surface area contributed by atoms with E-state index >= 15 is 0 Å². The molecule has 2 N–H and O–H groups in total. The van der Waals surface area contributed by atoms with E-state index in [1.165, 1.54) is 0 Å². The standard InChI is InChI=1S/C10H14N2O2/c1-2-4-11-7-10(13)12-6-9-3-5-14-8-9/h2-3,5,8,11H,1,4,6-7H2,(H,12,13). The highest BCUT2D eigenvalue weighted by Gasteiger charge is 1.99. The zero-order valence-electron chi connectivity index (χ0n) is 7.95. The van der Waals surface area contributed by atoms with E-state index in [1.54, 1.807) is 18.6 Å². The van der Waals surface area contributed by atoms with Crippen LogP contribution in [0.1, 0.15) is 5.56 Å². The first-order chi connectivity index (χ1) is 6.83. The van der Waals surface area contributed by atoms with Gasteiger partial charge >= 0.3 is 0 Å². The molecule has 0 saturated carbocycles. The Labute approximate surface area is 83.0 Å². The number of carbonyl (C=O) groups excluding carboxylic acids is 1. The summed E-state index contributed by atoms with van der Waals surface area (Å²) >= 11 is 0. The summed E-state index contributed by atoms with van der Waals surface area (Å²) in [7, 11) is 0. The molecule has 0 bridgehead atoms. The Morgan fingerprint density at radius 3 is 3.14 bits per heavy atom. The topological polar surface area (TPSA) is 54.3 Å². The third kappa shape index (κ3) is 3.91. The monoisotopic (exact) mass is 194 g/mol. The molecular weight excluding hydrogens is 180 g/mol. The van der Waals surface area contributed by atoms with Crippen LogP contribution in [0.15, 0.2) is 35.7 Å². The highest BCUT2D eigenvalue weighted by atomic mass is 16.3. The number of hydrogen-bond acceptors (Lipinski definition) is 3. The van der Waals surface area contributed by atoms with Crippen molar-refractivity contribution in [3.05, 3.63) is 36.8 Å². The van der Waals surface area contributed by atoms with Crippen LogP contribution < -0.4 is 10.6 Å². The second kappa shape index (κ2) is 5.99. The van der Waals surface area contributed by atoms with Gasteiger partial charge in [0.1, 0.15) is 0 Å². The van der Waals surface area contributed by atoms with E-state index in [1.807, 2.05) is 6.07 Å². The predicted octanol–water partition coefficient (Wildman–Crippen LogP) is 0.671. The summed E-state index contributed by atoms with van der Waals surface area (Å²) in [5.41, 5.74) is 0.960. The Morgan fingerprint density at radius 2 is 2.50 bits per heavy atom. The van der Waals surface area contributed by atoms with Gasteiger partial charge in [0.15, 0.2) is 0 Å². The van der Waals surface area contributed by atoms with Gasteiger partial charge in [0.2, 0.25) is 5.91 Å². The van der Waals surface area contributed by atoms with Gasteiger partial charge in [0.05, 0.1) is 19.1 Å². The lowest BCUT2D eigenvalue weighted by atomic mass is 10.3. The van der Waals surface area contributed by atoms with Crippen LogP contribution in [-0.2, 0) is 11.3 Å². The summed E-state index contributed by atoms with van der Waals surface area (Å²) in [6.45, 7) is 4.99. The molecule has 0 spiro atoms. The van der Waals surface area contributed by atoms with Crippen LogP contribution in [0.25, 0.3) is 0 Å². The molecule has 0 unspecified atom stereocenters. The van der Waals surface area contributed by atoms with Crippen molar-refractivity contribution in [3.8, 4) is 0 Å². The van der Waals surface area contributed by atoms with Crippen molar-refractivity contribution in [3.63, 3.8) is 0 Å². The Bertz CT molecular complexity index is 280. The minimum atomic E-state index is -0.0342. The van der Waals surface area contributed by atoms with Crippen molar-refractivity contribution in [2.75, 3.05) is 13.1 Å². The van der Waals surface area contributed by atoms with Crippen molar-refractivity contribution in [2.45, 2.75) is 6.54 Å². The summed E-state index contributed by atoms with van der Waals surface area (Å²) in [5.74, 6) is -0.0342. The molecule has 14 heavy (non-hydrogen) atoms. The zero-order chi connectivity index (χ0) is 10.2. The maximum Gasteiger partial charge on any atom is 0.234 e. The molecule has 0 aromatic carbocycles. The van der Waals surface area contributed by atoms with E-state index in [4.69, 9.17) is 4.42 Å². The SMILES string of the molecule is C=CCNCC(=O)NCc1ccoc1. The van der Waals surface area contributed by atoms with Gasteiger partial charge in [-0.2, -0.15) is 0 Å². The number of carbonyl (C=O) groups is 1. The first kappa shape index (κ1) is 10.5. The molecular formula is C10H14N2O2. The predicted molar refractivity (Wildman–Crippen MR) is 53.6 cm³/mol. The van der Waals surface area contributed by atoms with Crippen LogP contribution in [0, 0.1) is 0 Å². The van der Waals surface area contributed by atoms with Crippen LogP contribution in [0.4, 0.5) is 0 Å². The number of rotatable bonds is 6. The average Bonchev–Trinajstić information content (AvgIpc) is 2.68. The third-order valence-electron chi connectivity index (χ3n) is 1.64. The second-order valence-electron chi connectivity index (χ2n) is 2.83. The van der Waals surface area contributed by atoms with Gasteiger partial charge < -0.3 is 15.1 Å². The molecule has 0 atom stereocenters. The van der Waals surface area contributed by atoms with E-state index in [2.05, 4.69) is 17.2 Å². The second-order valence-corrected chi connectivity index (χ2v) is 2.83. The Hall–Kier alpha value is -1.55. The normalized spacial score (nSPS) is 9.71. The molecule has 4 nitrogen and oxygen atoms in total. The summed E-state index contributed by atoms with van der Waals surface area (Å²) in [6.07, 6.45) is 4.90. The number of furan rings is 1. The van der Waals surface area contributed by atoms with E-state index in [9.17, 15) is 4.79 Å². The fourth-order valence-electron chi connectivity index (χ4n) is 0.944. The van der Waals surface area contributed by atoms with Crippen molar-refractivity contribution in [1.29, 1.82) is 0 Å². The summed E-state index contributed by atoms with van der Waals surface area (Å²) < 4.78 is 4.87. The number of hydrogen-bond donors (Lipinski definition) is 2. The van der Waals surface area contributed by atoms with Crippen molar-refractivity contribution < 1.29 is 9.21 Å². The minimum absolute atomic E-state index is 0.0342. The van der Waals surface area contributed by atoms with Gasteiger partial charge in [-0.3, -0.25) is 4.79 Å². The molecule has 4 heteroatoms. The first-order valence-corrected chi connectivity index (χ1v) is 4.42. The van der Waals surface area contributed by atoms with Gasteiger partial charge in [-0.15, -0.1) is 6.58 Å². The fraction of sp³-hybridized carbons (Fsp3) is 0.300. The lowest BCUT2D eigenvalue weighted by Crippen LogP contribution is -2.33. The lowest BCUT2D eigenvalue weighted by molar-refractivity contribution is -0.120. The molecule has 0 radical (unpaired) electrons. The van der Waals surface area contributed by atoms with Crippen LogP contribution in [0.3, 0.4) is 0 Å². The molecule has 0 aliphatic heterocycles. The molecule has 1 amide bonds. The Balaban J connectivity index is 2.12. The highest BCUT2D eigenvalue weighted by molar-refractivity contribution is 5.77. The van der Waals surface area contributed by atoms with Gasteiger partial charge in [0.25, 0.3) is 0 Å².